The van der Waals surface area contributed by atoms with Crippen molar-refractivity contribution in [1.29, 1.82) is 0 Å². The van der Waals surface area contributed by atoms with Crippen molar-refractivity contribution in [3.8, 4) is 0 Å². The lowest BCUT2D eigenvalue weighted by atomic mass is 9.86. The third-order valence-electron chi connectivity index (χ3n) is 5.86. The maximum absolute atomic E-state index is 13.2. The summed E-state index contributed by atoms with van der Waals surface area (Å²) in [6.07, 6.45) is 1.82. The zero-order valence-electron chi connectivity index (χ0n) is 20.2. The molecule has 2 aromatic rings. The molecule has 2 aromatic carbocycles. The summed E-state index contributed by atoms with van der Waals surface area (Å²) in [6, 6.07) is 15.4. The molecule has 2 amide bonds. The fourth-order valence-electron chi connectivity index (χ4n) is 3.45. The number of hydrogen-bond acceptors (Lipinski definition) is 2. The van der Waals surface area contributed by atoms with E-state index in [2.05, 4.69) is 50.4 Å². The van der Waals surface area contributed by atoms with Crippen molar-refractivity contribution in [1.82, 2.24) is 10.2 Å². The van der Waals surface area contributed by atoms with Crippen LogP contribution in [-0.2, 0) is 28.0 Å². The summed E-state index contributed by atoms with van der Waals surface area (Å²) in [5.74, 6) is -0.180. The van der Waals surface area contributed by atoms with Gasteiger partial charge in [-0.2, -0.15) is 0 Å². The molecule has 2 rings (SSSR count). The van der Waals surface area contributed by atoms with Crippen LogP contribution in [0.4, 0.5) is 0 Å². The second kappa shape index (κ2) is 11.5. The quantitative estimate of drug-likeness (QED) is 0.510. The van der Waals surface area contributed by atoms with Crippen LogP contribution in [-0.4, -0.2) is 28.8 Å². The Morgan fingerprint density at radius 1 is 1.03 bits per heavy atom. The molecular weight excluding hydrogens is 420 g/mol. The summed E-state index contributed by atoms with van der Waals surface area (Å²) < 4.78 is 0. The van der Waals surface area contributed by atoms with Crippen LogP contribution in [0.5, 0.6) is 0 Å². The first kappa shape index (κ1) is 25.9. The predicted octanol–water partition coefficient (Wildman–Crippen LogP) is 5.90. The van der Waals surface area contributed by atoms with Gasteiger partial charge in [-0.3, -0.25) is 9.59 Å². The number of carbonyl (C=O) groups excluding carboxylic acids is 2. The molecule has 0 saturated heterocycles. The van der Waals surface area contributed by atoms with Gasteiger partial charge in [-0.05, 0) is 60.9 Å². The van der Waals surface area contributed by atoms with Crippen LogP contribution in [0, 0.1) is 0 Å². The van der Waals surface area contributed by atoms with Crippen LogP contribution in [0.2, 0.25) is 5.02 Å². The van der Waals surface area contributed by atoms with Crippen LogP contribution in [0.1, 0.15) is 71.1 Å². The molecule has 0 aliphatic carbocycles. The Bertz CT molecular complexity index is 903. The third-order valence-corrected chi connectivity index (χ3v) is 6.09. The van der Waals surface area contributed by atoms with Gasteiger partial charge < -0.3 is 10.2 Å². The molecule has 0 saturated carbocycles. The van der Waals surface area contributed by atoms with E-state index in [1.54, 1.807) is 17.9 Å². The van der Waals surface area contributed by atoms with Crippen LogP contribution in [0.3, 0.4) is 0 Å². The van der Waals surface area contributed by atoms with Crippen molar-refractivity contribution < 1.29 is 9.59 Å². The smallest absolute Gasteiger partial charge is 0.242 e. The molecule has 5 heteroatoms. The second-order valence-corrected chi connectivity index (χ2v) is 10.0. The first-order chi connectivity index (χ1) is 15.0. The van der Waals surface area contributed by atoms with Gasteiger partial charge in [0.1, 0.15) is 6.04 Å². The van der Waals surface area contributed by atoms with E-state index in [0.717, 1.165) is 17.5 Å². The van der Waals surface area contributed by atoms with Crippen molar-refractivity contribution in [2.24, 2.45) is 0 Å². The number of aryl methyl sites for hydroxylation is 1. The Labute approximate surface area is 198 Å². The molecule has 4 nitrogen and oxygen atoms in total. The molecule has 0 spiro atoms. The van der Waals surface area contributed by atoms with E-state index in [9.17, 15) is 9.59 Å². The van der Waals surface area contributed by atoms with E-state index in [-0.39, 0.29) is 23.3 Å². The normalized spacial score (nSPS) is 13.3. The minimum absolute atomic E-state index is 0.0447. The van der Waals surface area contributed by atoms with Crippen LogP contribution in [0.25, 0.3) is 0 Å². The van der Waals surface area contributed by atoms with E-state index in [1.807, 2.05) is 32.0 Å². The molecule has 0 radical (unpaired) electrons. The van der Waals surface area contributed by atoms with Gasteiger partial charge >= 0.3 is 0 Å². The number of nitrogens with zero attached hydrogens (tertiary/aromatic N) is 1. The summed E-state index contributed by atoms with van der Waals surface area (Å²) in [5.41, 5.74) is 3.39. The lowest BCUT2D eigenvalue weighted by Gasteiger charge is -2.30. The Morgan fingerprint density at radius 3 is 2.25 bits per heavy atom. The van der Waals surface area contributed by atoms with E-state index < -0.39 is 6.04 Å². The third kappa shape index (κ3) is 7.67. The zero-order chi connectivity index (χ0) is 23.9. The Hall–Kier alpha value is -2.33. The Kier molecular flexibility index (Phi) is 9.33. The monoisotopic (exact) mass is 456 g/mol. The molecule has 0 heterocycles. The summed E-state index contributed by atoms with van der Waals surface area (Å²) in [7, 11) is 0. The molecule has 174 valence electrons. The predicted molar refractivity (Wildman–Crippen MR) is 133 cm³/mol. The lowest BCUT2D eigenvalue weighted by Crippen LogP contribution is -2.49. The van der Waals surface area contributed by atoms with Gasteiger partial charge in [-0.25, -0.2) is 0 Å². The van der Waals surface area contributed by atoms with Gasteiger partial charge in [-0.1, -0.05) is 75.7 Å². The van der Waals surface area contributed by atoms with Crippen LogP contribution in [0.15, 0.2) is 48.5 Å². The van der Waals surface area contributed by atoms with Gasteiger partial charge in [0.2, 0.25) is 11.8 Å². The molecule has 0 fully saturated rings. The highest BCUT2D eigenvalue weighted by molar-refractivity contribution is 6.30. The van der Waals surface area contributed by atoms with Gasteiger partial charge in [0.25, 0.3) is 0 Å². The lowest BCUT2D eigenvalue weighted by molar-refractivity contribution is -0.140. The molecule has 0 bridgehead atoms. The number of rotatable bonds is 9. The first-order valence-corrected chi connectivity index (χ1v) is 11.8. The summed E-state index contributed by atoms with van der Waals surface area (Å²) in [5, 5.41) is 3.61. The van der Waals surface area contributed by atoms with E-state index in [4.69, 9.17) is 11.6 Å². The number of carbonyl (C=O) groups is 2. The number of halogens is 1. The minimum atomic E-state index is -0.571. The first-order valence-electron chi connectivity index (χ1n) is 11.4. The van der Waals surface area contributed by atoms with Gasteiger partial charge in [-0.15, -0.1) is 0 Å². The Morgan fingerprint density at radius 2 is 1.69 bits per heavy atom. The highest BCUT2D eigenvalue weighted by Gasteiger charge is 2.26. The standard InChI is InChI=1S/C27H37ClN2O2/c1-7-19(2)29-26(32)20(3)30(18-22-9-8-10-24(28)17-22)25(31)16-13-21-11-14-23(15-12-21)27(4,5)6/h8-12,14-15,17,19-20H,7,13,16,18H2,1-6H3,(H,29,32)/t19-,20+/m1/s1. The molecule has 0 aromatic heterocycles. The number of nitrogens with one attached hydrogen (secondary N) is 1. The average molecular weight is 457 g/mol. The molecule has 32 heavy (non-hydrogen) atoms. The highest BCUT2D eigenvalue weighted by Crippen LogP contribution is 2.23. The van der Waals surface area contributed by atoms with Gasteiger partial charge in [0, 0.05) is 24.0 Å². The second-order valence-electron chi connectivity index (χ2n) is 9.59. The molecule has 2 atom stereocenters. The van der Waals surface area contributed by atoms with Crippen LogP contribution >= 0.6 is 11.6 Å². The molecular formula is C27H37ClN2O2. The van der Waals surface area contributed by atoms with Crippen LogP contribution < -0.4 is 5.32 Å². The topological polar surface area (TPSA) is 49.4 Å². The van der Waals surface area contributed by atoms with Gasteiger partial charge in [0.05, 0.1) is 0 Å². The maximum Gasteiger partial charge on any atom is 0.242 e. The van der Waals surface area contributed by atoms with E-state index in [1.165, 1.54) is 5.56 Å². The fourth-order valence-corrected chi connectivity index (χ4v) is 3.66. The van der Waals surface area contributed by atoms with Crippen molar-refractivity contribution in [2.45, 2.75) is 84.8 Å². The van der Waals surface area contributed by atoms with Crippen molar-refractivity contribution in [3.63, 3.8) is 0 Å². The summed E-state index contributed by atoms with van der Waals surface area (Å²) in [4.78, 5) is 27.7. The number of benzene rings is 2. The molecule has 0 aliphatic rings. The van der Waals surface area contributed by atoms with E-state index >= 15 is 0 Å². The summed E-state index contributed by atoms with van der Waals surface area (Å²) in [6.45, 7) is 12.7. The largest absolute Gasteiger partial charge is 0.352 e. The van der Waals surface area contributed by atoms with Gasteiger partial charge in [0.15, 0.2) is 0 Å². The molecule has 0 aliphatic heterocycles. The number of hydrogen-bond donors (Lipinski definition) is 1. The SMILES string of the molecule is CC[C@@H](C)NC(=O)[C@H](C)N(Cc1cccc(Cl)c1)C(=O)CCc1ccc(C(C)(C)C)cc1. The van der Waals surface area contributed by atoms with Crippen molar-refractivity contribution >= 4 is 23.4 Å². The van der Waals surface area contributed by atoms with Crippen molar-refractivity contribution in [3.05, 3.63) is 70.2 Å². The number of amides is 2. The fraction of sp³-hybridized carbons (Fsp3) is 0.481. The average Bonchev–Trinajstić information content (AvgIpc) is 2.75. The summed E-state index contributed by atoms with van der Waals surface area (Å²) >= 11 is 6.14. The molecule has 0 unspecified atom stereocenters. The zero-order valence-corrected chi connectivity index (χ0v) is 21.0. The van der Waals surface area contributed by atoms with E-state index in [0.29, 0.717) is 24.4 Å². The highest BCUT2D eigenvalue weighted by atomic mass is 35.5. The molecule has 1 N–H and O–H groups in total. The van der Waals surface area contributed by atoms with Crippen molar-refractivity contribution in [2.75, 3.05) is 0 Å². The maximum atomic E-state index is 13.2. The Balaban J connectivity index is 2.14. The minimum Gasteiger partial charge on any atom is -0.352 e.